The first kappa shape index (κ1) is 14.2. The van der Waals surface area contributed by atoms with Crippen molar-refractivity contribution < 1.29 is 14.5 Å². The third kappa shape index (κ3) is 3.01. The number of hydrogen-bond acceptors (Lipinski definition) is 5. The first-order valence-corrected chi connectivity index (χ1v) is 6.57. The Kier molecular flexibility index (Phi) is 4.45. The lowest BCUT2D eigenvalue weighted by molar-refractivity contribution is -0.523. The third-order valence-corrected chi connectivity index (χ3v) is 3.33. The van der Waals surface area contributed by atoms with Crippen LogP contribution < -0.4 is 0 Å². The van der Waals surface area contributed by atoms with Crippen molar-refractivity contribution in [1.29, 1.82) is 0 Å². The van der Waals surface area contributed by atoms with Crippen LogP contribution in [0.3, 0.4) is 0 Å². The molecule has 0 bridgehead atoms. The van der Waals surface area contributed by atoms with Crippen LogP contribution in [0.4, 0.5) is 0 Å². The first-order chi connectivity index (χ1) is 9.63. The number of esters is 1. The molecule has 0 amide bonds. The predicted octanol–water partition coefficient (Wildman–Crippen LogP) is 2.23. The van der Waals surface area contributed by atoms with E-state index in [0.717, 1.165) is 5.57 Å². The first-order valence-electron chi connectivity index (χ1n) is 6.57. The van der Waals surface area contributed by atoms with Crippen LogP contribution in [0.15, 0.2) is 30.0 Å². The van der Waals surface area contributed by atoms with E-state index in [4.69, 9.17) is 4.74 Å². The second kappa shape index (κ2) is 6.27. The highest BCUT2D eigenvalue weighted by atomic mass is 16.6. The van der Waals surface area contributed by atoms with Gasteiger partial charge in [0.25, 0.3) is 0 Å². The van der Waals surface area contributed by atoms with Gasteiger partial charge in [-0.05, 0) is 31.1 Å². The molecule has 1 aromatic heterocycles. The lowest BCUT2D eigenvalue weighted by Gasteiger charge is -2.21. The Hall–Kier alpha value is -2.24. The number of pyridine rings is 1. The molecule has 0 saturated heterocycles. The maximum atomic E-state index is 12.0. The number of nitro groups is 1. The zero-order valence-electron chi connectivity index (χ0n) is 11.2. The highest BCUT2D eigenvalue weighted by Crippen LogP contribution is 2.33. The monoisotopic (exact) mass is 276 g/mol. The number of rotatable bonds is 4. The van der Waals surface area contributed by atoms with Gasteiger partial charge in [-0.25, -0.2) is 4.79 Å². The number of ether oxygens (including phenoxy) is 1. The molecule has 1 aliphatic rings. The largest absolute Gasteiger partial charge is 0.463 e. The fourth-order valence-electron chi connectivity index (χ4n) is 2.35. The Morgan fingerprint density at radius 3 is 2.95 bits per heavy atom. The minimum atomic E-state index is -0.720. The van der Waals surface area contributed by atoms with Gasteiger partial charge in [-0.15, -0.1) is 0 Å². The number of carbonyl (C=O) groups excluding carboxylic acids is 1. The molecule has 106 valence electrons. The zero-order chi connectivity index (χ0) is 14.5. The Bertz CT molecular complexity index is 539. The van der Waals surface area contributed by atoms with E-state index >= 15 is 0 Å². The van der Waals surface area contributed by atoms with Crippen LogP contribution >= 0.6 is 0 Å². The van der Waals surface area contributed by atoms with Crippen LogP contribution in [-0.4, -0.2) is 28.5 Å². The molecular weight excluding hydrogens is 260 g/mol. The number of aromatic nitrogens is 1. The summed E-state index contributed by atoms with van der Waals surface area (Å²) >= 11 is 0. The van der Waals surface area contributed by atoms with Gasteiger partial charge in [0.05, 0.1) is 12.3 Å². The van der Waals surface area contributed by atoms with E-state index in [9.17, 15) is 14.9 Å². The van der Waals surface area contributed by atoms with Crippen LogP contribution in [0.5, 0.6) is 0 Å². The van der Waals surface area contributed by atoms with Crippen LogP contribution in [0.25, 0.3) is 5.57 Å². The summed E-state index contributed by atoms with van der Waals surface area (Å²) in [5, 5.41) is 10.9. The summed E-state index contributed by atoms with van der Waals surface area (Å²) in [6.07, 6.45) is 2.64. The van der Waals surface area contributed by atoms with Gasteiger partial charge in [0.1, 0.15) is 0 Å². The molecule has 0 fully saturated rings. The third-order valence-electron chi connectivity index (χ3n) is 3.33. The van der Waals surface area contributed by atoms with Crippen molar-refractivity contribution in [3.63, 3.8) is 0 Å². The molecule has 1 aliphatic carbocycles. The number of hydrogen-bond donors (Lipinski definition) is 0. The van der Waals surface area contributed by atoms with Gasteiger partial charge >= 0.3 is 5.97 Å². The fraction of sp³-hybridized carbons (Fsp3) is 0.429. The maximum Gasteiger partial charge on any atom is 0.334 e. The quantitative estimate of drug-likeness (QED) is 0.478. The second-order valence-corrected chi connectivity index (χ2v) is 4.57. The normalized spacial score (nSPS) is 18.8. The van der Waals surface area contributed by atoms with E-state index in [1.807, 2.05) is 6.07 Å². The van der Waals surface area contributed by atoms with Crippen LogP contribution in [0, 0.1) is 10.1 Å². The second-order valence-electron chi connectivity index (χ2n) is 4.57. The molecule has 6 heteroatoms. The molecule has 0 radical (unpaired) electrons. The minimum absolute atomic E-state index is 0.109. The van der Waals surface area contributed by atoms with Crippen LogP contribution in [0.1, 0.15) is 31.9 Å². The lowest BCUT2D eigenvalue weighted by atomic mass is 9.86. The Morgan fingerprint density at radius 2 is 2.35 bits per heavy atom. The van der Waals surface area contributed by atoms with Gasteiger partial charge < -0.3 is 4.74 Å². The molecule has 0 aromatic carbocycles. The van der Waals surface area contributed by atoms with E-state index in [0.29, 0.717) is 24.1 Å². The summed E-state index contributed by atoms with van der Waals surface area (Å²) in [4.78, 5) is 26.9. The van der Waals surface area contributed by atoms with Crippen molar-refractivity contribution >= 4 is 11.5 Å². The number of carbonyl (C=O) groups is 1. The summed E-state index contributed by atoms with van der Waals surface area (Å²) in [5.41, 5.74) is 1.85. The SMILES string of the molecule is CCOC(=O)C1=C(c2ccccn2)CCC([N+](=O)[O-])C1. The van der Waals surface area contributed by atoms with Crippen molar-refractivity contribution in [2.75, 3.05) is 6.61 Å². The Labute approximate surface area is 116 Å². The van der Waals surface area contributed by atoms with Crippen molar-refractivity contribution in [2.24, 2.45) is 0 Å². The minimum Gasteiger partial charge on any atom is -0.463 e. The molecule has 6 nitrogen and oxygen atoms in total. The molecule has 0 aliphatic heterocycles. The molecule has 1 aromatic rings. The molecule has 2 rings (SSSR count). The van der Waals surface area contributed by atoms with Gasteiger partial charge in [-0.2, -0.15) is 0 Å². The number of allylic oxidation sites excluding steroid dienone is 1. The van der Waals surface area contributed by atoms with Gasteiger partial charge in [-0.1, -0.05) is 6.07 Å². The summed E-state index contributed by atoms with van der Waals surface area (Å²) in [5.74, 6) is -0.472. The van der Waals surface area contributed by atoms with Gasteiger partial charge in [0, 0.05) is 29.5 Å². The summed E-state index contributed by atoms with van der Waals surface area (Å²) in [7, 11) is 0. The smallest absolute Gasteiger partial charge is 0.334 e. The summed E-state index contributed by atoms with van der Waals surface area (Å²) < 4.78 is 5.01. The molecule has 1 heterocycles. The van der Waals surface area contributed by atoms with Crippen LogP contribution in [0.2, 0.25) is 0 Å². The lowest BCUT2D eigenvalue weighted by Crippen LogP contribution is -2.27. The zero-order valence-corrected chi connectivity index (χ0v) is 11.2. The highest BCUT2D eigenvalue weighted by Gasteiger charge is 2.33. The fourth-order valence-corrected chi connectivity index (χ4v) is 2.35. The standard InChI is InChI=1S/C14H16N2O4/c1-2-20-14(17)12-9-10(16(18)19)6-7-11(12)13-5-3-4-8-15-13/h3-5,8,10H,2,6-7,9H2,1H3. The average molecular weight is 276 g/mol. The molecule has 0 N–H and O–H groups in total. The van der Waals surface area contributed by atoms with Crippen LogP contribution in [-0.2, 0) is 9.53 Å². The Balaban J connectivity index is 2.38. The van der Waals surface area contributed by atoms with Crippen molar-refractivity contribution in [3.8, 4) is 0 Å². The number of nitrogens with zero attached hydrogens (tertiary/aromatic N) is 2. The predicted molar refractivity (Wildman–Crippen MR) is 72.4 cm³/mol. The van der Waals surface area contributed by atoms with Crippen molar-refractivity contribution in [2.45, 2.75) is 32.2 Å². The molecule has 1 unspecified atom stereocenters. The molecule has 1 atom stereocenters. The molecule has 20 heavy (non-hydrogen) atoms. The molecular formula is C14H16N2O4. The molecule has 0 saturated carbocycles. The van der Waals surface area contributed by atoms with E-state index in [1.54, 1.807) is 25.3 Å². The van der Waals surface area contributed by atoms with E-state index in [-0.39, 0.29) is 18.0 Å². The van der Waals surface area contributed by atoms with Crippen molar-refractivity contribution in [1.82, 2.24) is 4.98 Å². The van der Waals surface area contributed by atoms with E-state index in [1.165, 1.54) is 0 Å². The molecule has 0 spiro atoms. The van der Waals surface area contributed by atoms with E-state index in [2.05, 4.69) is 4.98 Å². The average Bonchev–Trinajstić information content (AvgIpc) is 2.47. The highest BCUT2D eigenvalue weighted by molar-refractivity contribution is 5.97. The van der Waals surface area contributed by atoms with Crippen molar-refractivity contribution in [3.05, 3.63) is 45.8 Å². The summed E-state index contributed by atoms with van der Waals surface area (Å²) in [6, 6.07) is 4.71. The summed E-state index contributed by atoms with van der Waals surface area (Å²) in [6.45, 7) is 1.97. The Morgan fingerprint density at radius 1 is 1.55 bits per heavy atom. The maximum absolute atomic E-state index is 12.0. The van der Waals surface area contributed by atoms with Gasteiger partial charge in [0.2, 0.25) is 6.04 Å². The van der Waals surface area contributed by atoms with Gasteiger partial charge in [-0.3, -0.25) is 15.1 Å². The topological polar surface area (TPSA) is 82.3 Å². The van der Waals surface area contributed by atoms with E-state index < -0.39 is 12.0 Å². The van der Waals surface area contributed by atoms with Gasteiger partial charge in [0.15, 0.2) is 0 Å².